The van der Waals surface area contributed by atoms with Crippen molar-refractivity contribution in [3.8, 4) is 0 Å². The third kappa shape index (κ3) is 6.62. The summed E-state index contributed by atoms with van der Waals surface area (Å²) < 4.78 is 14.6. The van der Waals surface area contributed by atoms with Crippen LogP contribution in [0.15, 0.2) is 46.5 Å². The van der Waals surface area contributed by atoms with Gasteiger partial charge in [0.05, 0.1) is 6.20 Å². The van der Waals surface area contributed by atoms with E-state index in [9.17, 15) is 4.39 Å². The van der Waals surface area contributed by atoms with E-state index in [1.165, 1.54) is 17.7 Å². The van der Waals surface area contributed by atoms with Crippen LogP contribution in [-0.2, 0) is 13.5 Å². The minimum Gasteiger partial charge on any atom is -0.356 e. The van der Waals surface area contributed by atoms with Crippen molar-refractivity contribution in [2.75, 3.05) is 25.9 Å². The minimum absolute atomic E-state index is 0.192. The van der Waals surface area contributed by atoms with Crippen LogP contribution in [0.3, 0.4) is 0 Å². The lowest BCUT2D eigenvalue weighted by molar-refractivity contribution is 0.626. The van der Waals surface area contributed by atoms with E-state index in [1.807, 2.05) is 31.6 Å². The van der Waals surface area contributed by atoms with E-state index in [4.69, 9.17) is 0 Å². The Labute approximate surface area is 146 Å². The maximum absolute atomic E-state index is 12.8. The SMILES string of the molecule is CN=C(NCCCSc1ccc(F)cc1)NCCc1cnn(C)c1. The first-order valence-electron chi connectivity index (χ1n) is 7.98. The molecular weight excluding hydrogens is 325 g/mol. The summed E-state index contributed by atoms with van der Waals surface area (Å²) >= 11 is 1.73. The fourth-order valence-corrected chi connectivity index (χ4v) is 3.00. The van der Waals surface area contributed by atoms with Crippen molar-refractivity contribution in [1.29, 1.82) is 0 Å². The number of benzene rings is 1. The molecule has 130 valence electrons. The molecule has 0 atom stereocenters. The zero-order valence-electron chi connectivity index (χ0n) is 14.1. The van der Waals surface area contributed by atoms with E-state index in [2.05, 4.69) is 20.7 Å². The number of hydrogen-bond donors (Lipinski definition) is 2. The summed E-state index contributed by atoms with van der Waals surface area (Å²) in [7, 11) is 3.69. The van der Waals surface area contributed by atoms with Gasteiger partial charge in [-0.1, -0.05) is 0 Å². The number of hydrogen-bond acceptors (Lipinski definition) is 3. The lowest BCUT2D eigenvalue weighted by atomic mass is 10.2. The number of nitrogens with zero attached hydrogens (tertiary/aromatic N) is 3. The smallest absolute Gasteiger partial charge is 0.190 e. The molecular formula is C17H24FN5S. The number of aryl methyl sites for hydroxylation is 1. The molecule has 0 saturated carbocycles. The molecule has 2 N–H and O–H groups in total. The van der Waals surface area contributed by atoms with E-state index < -0.39 is 0 Å². The van der Waals surface area contributed by atoms with Crippen LogP contribution in [0.1, 0.15) is 12.0 Å². The third-order valence-electron chi connectivity index (χ3n) is 3.38. The average molecular weight is 349 g/mol. The maximum Gasteiger partial charge on any atom is 0.190 e. The molecule has 0 saturated heterocycles. The fraction of sp³-hybridized carbons (Fsp3) is 0.412. The predicted octanol–water partition coefficient (Wildman–Crippen LogP) is 2.45. The molecule has 0 aliphatic carbocycles. The van der Waals surface area contributed by atoms with Crippen LogP contribution in [-0.4, -0.2) is 41.6 Å². The van der Waals surface area contributed by atoms with Gasteiger partial charge in [-0.2, -0.15) is 5.10 Å². The molecule has 0 unspecified atom stereocenters. The highest BCUT2D eigenvalue weighted by Crippen LogP contribution is 2.18. The molecule has 0 aliphatic rings. The Morgan fingerprint density at radius 2 is 2.00 bits per heavy atom. The number of nitrogens with one attached hydrogen (secondary N) is 2. The molecule has 2 rings (SSSR count). The number of thioether (sulfide) groups is 1. The average Bonchev–Trinajstić information content (AvgIpc) is 3.00. The summed E-state index contributed by atoms with van der Waals surface area (Å²) in [5.74, 6) is 1.60. The summed E-state index contributed by atoms with van der Waals surface area (Å²) in [5, 5.41) is 10.8. The minimum atomic E-state index is -0.192. The van der Waals surface area contributed by atoms with E-state index in [0.29, 0.717) is 0 Å². The molecule has 0 bridgehead atoms. The second-order valence-electron chi connectivity index (χ2n) is 5.35. The summed E-state index contributed by atoms with van der Waals surface area (Å²) in [6.07, 6.45) is 5.81. The standard InChI is InChI=1S/C17H24FN5S/c1-19-17(21-10-8-14-12-22-23(2)13-14)20-9-3-11-24-16-6-4-15(18)5-7-16/h4-7,12-13H,3,8-11H2,1-2H3,(H2,19,20,21). The molecule has 1 aromatic heterocycles. The molecule has 0 radical (unpaired) electrons. The summed E-state index contributed by atoms with van der Waals surface area (Å²) in [5.41, 5.74) is 1.20. The van der Waals surface area contributed by atoms with Crippen molar-refractivity contribution in [2.24, 2.45) is 12.0 Å². The Morgan fingerprint density at radius 3 is 2.67 bits per heavy atom. The monoisotopic (exact) mass is 349 g/mol. The van der Waals surface area contributed by atoms with Crippen molar-refractivity contribution in [3.63, 3.8) is 0 Å². The van der Waals surface area contributed by atoms with E-state index in [0.717, 1.165) is 42.5 Å². The number of rotatable bonds is 8. The number of aliphatic imine (C=N–C) groups is 1. The van der Waals surface area contributed by atoms with Crippen molar-refractivity contribution in [2.45, 2.75) is 17.7 Å². The molecule has 0 amide bonds. The third-order valence-corrected chi connectivity index (χ3v) is 4.48. The molecule has 0 fully saturated rings. The highest BCUT2D eigenvalue weighted by Gasteiger charge is 2.00. The van der Waals surface area contributed by atoms with Crippen LogP contribution in [0.5, 0.6) is 0 Å². The van der Waals surface area contributed by atoms with E-state index in [-0.39, 0.29) is 5.82 Å². The molecule has 1 heterocycles. The van der Waals surface area contributed by atoms with Crippen LogP contribution in [0.25, 0.3) is 0 Å². The first-order chi connectivity index (χ1) is 11.7. The van der Waals surface area contributed by atoms with E-state index in [1.54, 1.807) is 23.5 Å². The van der Waals surface area contributed by atoms with Crippen LogP contribution < -0.4 is 10.6 Å². The first kappa shape index (κ1) is 18.3. The van der Waals surface area contributed by atoms with Crippen molar-refractivity contribution in [3.05, 3.63) is 48.0 Å². The fourth-order valence-electron chi connectivity index (χ4n) is 2.15. The maximum atomic E-state index is 12.8. The Morgan fingerprint density at radius 1 is 1.25 bits per heavy atom. The van der Waals surface area contributed by atoms with Gasteiger partial charge < -0.3 is 10.6 Å². The largest absolute Gasteiger partial charge is 0.356 e. The molecule has 5 nitrogen and oxygen atoms in total. The molecule has 2 aromatic rings. The zero-order chi connectivity index (χ0) is 17.2. The topological polar surface area (TPSA) is 54.2 Å². The Balaban J connectivity index is 1.57. The zero-order valence-corrected chi connectivity index (χ0v) is 14.9. The molecule has 24 heavy (non-hydrogen) atoms. The Hall–Kier alpha value is -2.02. The Kier molecular flexibility index (Phi) is 7.61. The van der Waals surface area contributed by atoms with E-state index >= 15 is 0 Å². The van der Waals surface area contributed by atoms with Crippen LogP contribution in [0.2, 0.25) is 0 Å². The van der Waals surface area contributed by atoms with Gasteiger partial charge in [0.1, 0.15) is 5.82 Å². The quantitative estimate of drug-likeness (QED) is 0.333. The van der Waals surface area contributed by atoms with Gasteiger partial charge in [0, 0.05) is 38.3 Å². The molecule has 7 heteroatoms. The van der Waals surface area contributed by atoms with Gasteiger partial charge in [-0.05, 0) is 48.4 Å². The predicted molar refractivity (Wildman–Crippen MR) is 98.0 cm³/mol. The van der Waals surface area contributed by atoms with Gasteiger partial charge in [-0.25, -0.2) is 4.39 Å². The van der Waals surface area contributed by atoms with Gasteiger partial charge in [0.2, 0.25) is 0 Å². The van der Waals surface area contributed by atoms with Crippen LogP contribution in [0.4, 0.5) is 4.39 Å². The summed E-state index contributed by atoms with van der Waals surface area (Å²) in [4.78, 5) is 5.31. The lowest BCUT2D eigenvalue weighted by Crippen LogP contribution is -2.38. The normalized spacial score (nSPS) is 11.5. The second kappa shape index (κ2) is 9.97. The van der Waals surface area contributed by atoms with Gasteiger partial charge in [0.15, 0.2) is 5.96 Å². The van der Waals surface area contributed by atoms with Crippen LogP contribution in [0, 0.1) is 5.82 Å². The van der Waals surface area contributed by atoms with Crippen molar-refractivity contribution < 1.29 is 4.39 Å². The van der Waals surface area contributed by atoms with Gasteiger partial charge in [-0.15, -0.1) is 11.8 Å². The highest BCUT2D eigenvalue weighted by atomic mass is 32.2. The van der Waals surface area contributed by atoms with Gasteiger partial charge >= 0.3 is 0 Å². The van der Waals surface area contributed by atoms with Gasteiger partial charge in [0.25, 0.3) is 0 Å². The molecule has 0 spiro atoms. The summed E-state index contributed by atoms with van der Waals surface area (Å²) in [6, 6.07) is 6.61. The summed E-state index contributed by atoms with van der Waals surface area (Å²) in [6.45, 7) is 1.66. The van der Waals surface area contributed by atoms with Crippen molar-refractivity contribution >= 4 is 17.7 Å². The Bertz CT molecular complexity index is 639. The molecule has 0 aliphatic heterocycles. The van der Waals surface area contributed by atoms with Crippen molar-refractivity contribution in [1.82, 2.24) is 20.4 Å². The second-order valence-corrected chi connectivity index (χ2v) is 6.52. The first-order valence-corrected chi connectivity index (χ1v) is 8.96. The molecule has 1 aromatic carbocycles. The van der Waals surface area contributed by atoms with Crippen LogP contribution >= 0.6 is 11.8 Å². The lowest BCUT2D eigenvalue weighted by Gasteiger charge is -2.11. The number of halogens is 1. The van der Waals surface area contributed by atoms with Gasteiger partial charge in [-0.3, -0.25) is 9.67 Å². The number of guanidine groups is 1. The highest BCUT2D eigenvalue weighted by molar-refractivity contribution is 7.99. The number of aromatic nitrogens is 2.